The van der Waals surface area contributed by atoms with Crippen molar-refractivity contribution in [1.29, 1.82) is 0 Å². The first-order valence-electron chi connectivity index (χ1n) is 2.62. The summed E-state index contributed by atoms with van der Waals surface area (Å²) >= 11 is 2.11. The molecule has 52 valence electrons. The van der Waals surface area contributed by atoms with Crippen LogP contribution in [-0.4, -0.2) is 16.4 Å². The van der Waals surface area contributed by atoms with Crippen molar-refractivity contribution in [3.63, 3.8) is 0 Å². The van der Waals surface area contributed by atoms with Gasteiger partial charge in [-0.2, -0.15) is 0 Å². The average Bonchev–Trinajstić information content (AvgIpc) is 1.95. The maximum absolute atomic E-state index is 8.13. The first-order chi connectivity index (χ1) is 4.83. The number of pyridine rings is 1. The minimum atomic E-state index is 0.794. The molecule has 10 heavy (non-hydrogen) atoms. The number of oxime groups is 1. The highest BCUT2D eigenvalue weighted by molar-refractivity contribution is 14.1. The van der Waals surface area contributed by atoms with Crippen molar-refractivity contribution in [1.82, 2.24) is 4.98 Å². The number of hydrogen-bond donors (Lipinski definition) is 1. The van der Waals surface area contributed by atoms with Crippen LogP contribution in [0, 0.1) is 3.70 Å². The number of rotatable bonds is 1. The van der Waals surface area contributed by atoms with Crippen LogP contribution in [0.15, 0.2) is 23.5 Å². The molecule has 0 atom stereocenters. The molecule has 0 fully saturated rings. The highest BCUT2D eigenvalue weighted by atomic mass is 127. The predicted molar refractivity (Wildman–Crippen MR) is 46.3 cm³/mol. The zero-order valence-electron chi connectivity index (χ0n) is 5.03. The maximum atomic E-state index is 8.13. The molecule has 1 heterocycles. The first-order valence-corrected chi connectivity index (χ1v) is 3.70. The van der Waals surface area contributed by atoms with Crippen molar-refractivity contribution in [3.05, 3.63) is 27.6 Å². The largest absolute Gasteiger partial charge is 0.411 e. The Morgan fingerprint density at radius 2 is 2.40 bits per heavy atom. The molecule has 0 unspecified atom stereocenters. The number of halogens is 1. The Labute approximate surface area is 71.9 Å². The van der Waals surface area contributed by atoms with E-state index < -0.39 is 0 Å². The van der Waals surface area contributed by atoms with E-state index in [-0.39, 0.29) is 0 Å². The van der Waals surface area contributed by atoms with Gasteiger partial charge in [0.25, 0.3) is 0 Å². The van der Waals surface area contributed by atoms with Gasteiger partial charge in [-0.1, -0.05) is 5.16 Å². The molecule has 1 rings (SSSR count). The number of aromatic nitrogens is 1. The van der Waals surface area contributed by atoms with Crippen LogP contribution in [0.3, 0.4) is 0 Å². The van der Waals surface area contributed by atoms with E-state index in [9.17, 15) is 0 Å². The van der Waals surface area contributed by atoms with Gasteiger partial charge in [-0.15, -0.1) is 0 Å². The van der Waals surface area contributed by atoms with E-state index in [1.165, 1.54) is 6.21 Å². The van der Waals surface area contributed by atoms with E-state index in [0.717, 1.165) is 9.26 Å². The molecule has 0 saturated heterocycles. The van der Waals surface area contributed by atoms with Crippen LogP contribution in [0.5, 0.6) is 0 Å². The topological polar surface area (TPSA) is 45.5 Å². The summed E-state index contributed by atoms with van der Waals surface area (Å²) < 4.78 is 0.924. The second-order valence-electron chi connectivity index (χ2n) is 1.66. The molecular weight excluding hydrogens is 243 g/mol. The zero-order chi connectivity index (χ0) is 7.40. The molecule has 1 aromatic heterocycles. The van der Waals surface area contributed by atoms with Crippen molar-refractivity contribution in [2.45, 2.75) is 0 Å². The Morgan fingerprint density at radius 1 is 1.60 bits per heavy atom. The smallest absolute Gasteiger partial charge is 0.101 e. The van der Waals surface area contributed by atoms with E-state index in [2.05, 4.69) is 32.7 Å². The van der Waals surface area contributed by atoms with Gasteiger partial charge in [0.15, 0.2) is 0 Å². The summed E-state index contributed by atoms with van der Waals surface area (Å²) in [6.45, 7) is 0. The van der Waals surface area contributed by atoms with Crippen LogP contribution in [0.2, 0.25) is 0 Å². The van der Waals surface area contributed by atoms with Crippen molar-refractivity contribution in [2.24, 2.45) is 5.16 Å². The van der Waals surface area contributed by atoms with Gasteiger partial charge >= 0.3 is 0 Å². The van der Waals surface area contributed by atoms with Gasteiger partial charge in [-0.05, 0) is 34.7 Å². The van der Waals surface area contributed by atoms with E-state index in [1.807, 2.05) is 12.1 Å². The average molecular weight is 248 g/mol. The third-order valence-electron chi connectivity index (χ3n) is 0.957. The van der Waals surface area contributed by atoms with Gasteiger partial charge in [0.2, 0.25) is 0 Å². The van der Waals surface area contributed by atoms with Crippen LogP contribution in [0.4, 0.5) is 0 Å². The Balaban J connectivity index is 2.89. The van der Waals surface area contributed by atoms with Gasteiger partial charge in [0, 0.05) is 11.8 Å². The lowest BCUT2D eigenvalue weighted by molar-refractivity contribution is 0.322. The monoisotopic (exact) mass is 248 g/mol. The molecule has 1 aromatic rings. The number of nitrogens with zero attached hydrogens (tertiary/aromatic N) is 2. The summed E-state index contributed by atoms with van der Waals surface area (Å²) in [5.74, 6) is 0. The second kappa shape index (κ2) is 3.50. The van der Waals surface area contributed by atoms with Crippen molar-refractivity contribution in [3.8, 4) is 0 Å². The van der Waals surface area contributed by atoms with E-state index in [4.69, 9.17) is 5.21 Å². The van der Waals surface area contributed by atoms with Crippen LogP contribution in [0.1, 0.15) is 5.56 Å². The first kappa shape index (κ1) is 7.46. The minimum absolute atomic E-state index is 0.794. The third kappa shape index (κ3) is 1.94. The van der Waals surface area contributed by atoms with Gasteiger partial charge in [0.05, 0.1) is 6.21 Å². The number of hydrogen-bond acceptors (Lipinski definition) is 3. The summed E-state index contributed by atoms with van der Waals surface area (Å²) in [6.07, 6.45) is 2.98. The predicted octanol–water partition coefficient (Wildman–Crippen LogP) is 1.49. The van der Waals surface area contributed by atoms with Crippen molar-refractivity contribution < 1.29 is 5.21 Å². The Kier molecular flexibility index (Phi) is 2.61. The molecular formula is C6H5IN2O. The van der Waals surface area contributed by atoms with Crippen LogP contribution < -0.4 is 0 Å². The summed E-state index contributed by atoms with van der Waals surface area (Å²) in [6, 6.07) is 3.67. The Morgan fingerprint density at radius 3 is 2.90 bits per heavy atom. The lowest BCUT2D eigenvalue weighted by Gasteiger charge is -1.89. The van der Waals surface area contributed by atoms with Crippen molar-refractivity contribution in [2.75, 3.05) is 0 Å². The van der Waals surface area contributed by atoms with E-state index in [0.29, 0.717) is 0 Å². The molecule has 4 heteroatoms. The summed E-state index contributed by atoms with van der Waals surface area (Å²) in [5, 5.41) is 11.0. The third-order valence-corrected chi connectivity index (χ3v) is 1.60. The second-order valence-corrected chi connectivity index (χ2v) is 2.76. The summed E-state index contributed by atoms with van der Waals surface area (Å²) in [5.41, 5.74) is 0.794. The standard InChI is InChI=1S/C6H5IN2O/c7-6-2-1-5(3-8-6)4-9-10/h1-4,10H. The fourth-order valence-electron chi connectivity index (χ4n) is 0.530. The summed E-state index contributed by atoms with van der Waals surface area (Å²) in [7, 11) is 0. The molecule has 0 aromatic carbocycles. The molecule has 0 amide bonds. The van der Waals surface area contributed by atoms with Gasteiger partial charge < -0.3 is 5.21 Å². The van der Waals surface area contributed by atoms with E-state index >= 15 is 0 Å². The molecule has 3 nitrogen and oxygen atoms in total. The van der Waals surface area contributed by atoms with E-state index in [1.54, 1.807) is 6.20 Å². The van der Waals surface area contributed by atoms with Gasteiger partial charge in [-0.25, -0.2) is 4.98 Å². The molecule has 0 bridgehead atoms. The highest BCUT2D eigenvalue weighted by Gasteiger charge is 1.87. The van der Waals surface area contributed by atoms with Crippen LogP contribution >= 0.6 is 22.6 Å². The molecule has 0 spiro atoms. The zero-order valence-corrected chi connectivity index (χ0v) is 7.19. The highest BCUT2D eigenvalue weighted by Crippen LogP contribution is 1.99. The molecule has 1 N–H and O–H groups in total. The molecule has 0 aliphatic carbocycles. The Hall–Kier alpha value is -0.650. The fraction of sp³-hybridized carbons (Fsp3) is 0. The lowest BCUT2D eigenvalue weighted by Crippen LogP contribution is -1.84. The molecule has 0 aliphatic rings. The normalized spacial score (nSPS) is 10.5. The maximum Gasteiger partial charge on any atom is 0.101 e. The SMILES string of the molecule is ON=Cc1ccc(I)nc1. The quantitative estimate of drug-likeness (QED) is 0.269. The Bertz CT molecular complexity index is 232. The molecule has 0 radical (unpaired) electrons. The molecule has 0 saturated carbocycles. The minimum Gasteiger partial charge on any atom is -0.411 e. The lowest BCUT2D eigenvalue weighted by atomic mass is 10.3. The van der Waals surface area contributed by atoms with Crippen molar-refractivity contribution >= 4 is 28.8 Å². The van der Waals surface area contributed by atoms with Crippen LogP contribution in [0.25, 0.3) is 0 Å². The summed E-state index contributed by atoms with van der Waals surface area (Å²) in [4.78, 5) is 3.98. The fourth-order valence-corrected chi connectivity index (χ4v) is 0.849. The van der Waals surface area contributed by atoms with Gasteiger partial charge in [0.1, 0.15) is 3.70 Å². The molecule has 0 aliphatic heterocycles. The van der Waals surface area contributed by atoms with Crippen LogP contribution in [-0.2, 0) is 0 Å². The van der Waals surface area contributed by atoms with Gasteiger partial charge in [-0.3, -0.25) is 0 Å².